The summed E-state index contributed by atoms with van der Waals surface area (Å²) in [6, 6.07) is 6.59. The third kappa shape index (κ3) is 1.97. The van der Waals surface area contributed by atoms with E-state index < -0.39 is 0 Å². The van der Waals surface area contributed by atoms with Gasteiger partial charge in [-0.05, 0) is 84.4 Å². The Morgan fingerprint density at radius 3 is 2.78 bits per heavy atom. The highest BCUT2D eigenvalue weighted by molar-refractivity contribution is 14.1. The summed E-state index contributed by atoms with van der Waals surface area (Å²) in [5.74, 6) is 1.76. The van der Waals surface area contributed by atoms with Gasteiger partial charge in [-0.25, -0.2) is 0 Å². The van der Waals surface area contributed by atoms with Gasteiger partial charge in [0.25, 0.3) is 0 Å². The Hall–Kier alpha value is -0.250. The van der Waals surface area contributed by atoms with Gasteiger partial charge in [-0.15, -0.1) is 0 Å². The summed E-state index contributed by atoms with van der Waals surface area (Å²) in [5.41, 5.74) is 1.84. The van der Waals surface area contributed by atoms with E-state index in [0.29, 0.717) is 11.3 Å². The highest BCUT2D eigenvalue weighted by Gasteiger charge is 2.50. The molecular weight excluding hydrogens is 335 g/mol. The number of rotatable bonds is 0. The molecule has 2 atom stereocenters. The number of halogens is 1. The largest absolute Gasteiger partial charge is 0.487 e. The number of hydrogen-bond donors (Lipinski definition) is 0. The maximum absolute atomic E-state index is 6.41. The number of fused-ring (bicyclic) bond motifs is 2. The zero-order valence-corrected chi connectivity index (χ0v) is 13.6. The van der Waals surface area contributed by atoms with Crippen molar-refractivity contribution in [1.29, 1.82) is 0 Å². The van der Waals surface area contributed by atoms with Gasteiger partial charge in [0.15, 0.2) is 0 Å². The van der Waals surface area contributed by atoms with E-state index in [1.54, 1.807) is 0 Å². The normalized spacial score (nSPS) is 33.2. The highest BCUT2D eigenvalue weighted by Crippen LogP contribution is 2.52. The molecule has 1 saturated carbocycles. The molecule has 98 valence electrons. The summed E-state index contributed by atoms with van der Waals surface area (Å²) < 4.78 is 7.72. The highest BCUT2D eigenvalue weighted by atomic mass is 127. The maximum Gasteiger partial charge on any atom is 0.123 e. The van der Waals surface area contributed by atoms with Gasteiger partial charge in [0, 0.05) is 9.49 Å². The van der Waals surface area contributed by atoms with Crippen LogP contribution < -0.4 is 4.74 Å². The molecule has 0 bridgehead atoms. The molecule has 0 radical (unpaired) electrons. The molecule has 1 fully saturated rings. The quantitative estimate of drug-likeness (QED) is 0.606. The molecular formula is C16H21IO. The Labute approximate surface area is 123 Å². The molecule has 1 aromatic carbocycles. The second-order valence-electron chi connectivity index (χ2n) is 6.77. The lowest BCUT2D eigenvalue weighted by Crippen LogP contribution is -2.53. The van der Waals surface area contributed by atoms with Crippen LogP contribution in [0.2, 0.25) is 0 Å². The van der Waals surface area contributed by atoms with Crippen molar-refractivity contribution in [2.75, 3.05) is 0 Å². The molecule has 0 spiro atoms. The van der Waals surface area contributed by atoms with Crippen LogP contribution in [0.1, 0.15) is 45.6 Å². The summed E-state index contributed by atoms with van der Waals surface area (Å²) in [4.78, 5) is 0. The van der Waals surface area contributed by atoms with Gasteiger partial charge < -0.3 is 4.74 Å². The topological polar surface area (TPSA) is 9.23 Å². The van der Waals surface area contributed by atoms with Crippen LogP contribution in [0, 0.1) is 14.9 Å². The molecule has 0 amide bonds. The smallest absolute Gasteiger partial charge is 0.123 e. The van der Waals surface area contributed by atoms with E-state index in [1.165, 1.54) is 34.8 Å². The molecule has 1 aliphatic heterocycles. The average Bonchev–Trinajstić information content (AvgIpc) is 2.27. The molecule has 18 heavy (non-hydrogen) atoms. The Kier molecular flexibility index (Phi) is 2.92. The third-order valence-electron chi connectivity index (χ3n) is 4.96. The number of ether oxygens (including phenoxy) is 1. The van der Waals surface area contributed by atoms with Crippen LogP contribution in [0.5, 0.6) is 5.75 Å². The van der Waals surface area contributed by atoms with Crippen molar-refractivity contribution in [2.24, 2.45) is 11.3 Å². The first-order chi connectivity index (χ1) is 8.41. The Bertz CT molecular complexity index is 480. The van der Waals surface area contributed by atoms with Crippen LogP contribution in [0.25, 0.3) is 0 Å². The second kappa shape index (κ2) is 4.12. The molecule has 1 heterocycles. The minimum absolute atomic E-state index is 0.0432. The van der Waals surface area contributed by atoms with Crippen LogP contribution in [0.3, 0.4) is 0 Å². The van der Waals surface area contributed by atoms with Crippen molar-refractivity contribution < 1.29 is 4.74 Å². The maximum atomic E-state index is 6.41. The van der Waals surface area contributed by atoms with Crippen LogP contribution >= 0.6 is 22.6 Å². The van der Waals surface area contributed by atoms with Crippen molar-refractivity contribution in [1.82, 2.24) is 0 Å². The van der Waals surface area contributed by atoms with E-state index in [4.69, 9.17) is 4.74 Å². The van der Waals surface area contributed by atoms with Gasteiger partial charge in [0.1, 0.15) is 11.4 Å². The van der Waals surface area contributed by atoms with Crippen LogP contribution in [-0.2, 0) is 6.42 Å². The molecule has 3 rings (SSSR count). The first kappa shape index (κ1) is 12.8. The Balaban J connectivity index is 2.04. The van der Waals surface area contributed by atoms with E-state index >= 15 is 0 Å². The van der Waals surface area contributed by atoms with Crippen molar-refractivity contribution in [3.63, 3.8) is 0 Å². The number of benzene rings is 1. The summed E-state index contributed by atoms with van der Waals surface area (Å²) in [5, 5.41) is 0. The molecule has 2 heteroatoms. The Morgan fingerprint density at radius 2 is 2.00 bits per heavy atom. The SMILES string of the molecule is CC1(C)CCC[C@@]2(C)Oc3ccc(I)cc3C[C@H]12. The number of hydrogen-bond acceptors (Lipinski definition) is 1. The fourth-order valence-electron chi connectivity index (χ4n) is 3.96. The monoisotopic (exact) mass is 356 g/mol. The van der Waals surface area contributed by atoms with E-state index in [1.807, 2.05) is 0 Å². The zero-order valence-electron chi connectivity index (χ0n) is 11.4. The lowest BCUT2D eigenvalue weighted by Gasteiger charge is -2.53. The third-order valence-corrected chi connectivity index (χ3v) is 5.64. The molecule has 1 nitrogen and oxygen atoms in total. The van der Waals surface area contributed by atoms with Crippen molar-refractivity contribution >= 4 is 22.6 Å². The standard InChI is InChI=1S/C16H21IO/c1-15(2)7-4-8-16(3)14(15)10-11-9-12(17)5-6-13(11)18-16/h5-6,9,14H,4,7-8,10H2,1-3H3/t14-,16-/m1/s1. The summed E-state index contributed by atoms with van der Waals surface area (Å²) in [6.07, 6.45) is 5.00. The van der Waals surface area contributed by atoms with E-state index in [2.05, 4.69) is 61.6 Å². The summed E-state index contributed by atoms with van der Waals surface area (Å²) >= 11 is 2.39. The van der Waals surface area contributed by atoms with E-state index in [0.717, 1.165) is 5.75 Å². The second-order valence-corrected chi connectivity index (χ2v) is 8.01. The summed E-state index contributed by atoms with van der Waals surface area (Å²) in [6.45, 7) is 7.15. The van der Waals surface area contributed by atoms with Crippen LogP contribution in [0.15, 0.2) is 18.2 Å². The van der Waals surface area contributed by atoms with Crippen molar-refractivity contribution in [3.05, 3.63) is 27.3 Å². The fraction of sp³-hybridized carbons (Fsp3) is 0.625. The van der Waals surface area contributed by atoms with Crippen molar-refractivity contribution in [3.8, 4) is 5.75 Å². The lowest BCUT2D eigenvalue weighted by atomic mass is 9.59. The van der Waals surface area contributed by atoms with E-state index in [-0.39, 0.29) is 5.60 Å². The molecule has 0 saturated heterocycles. The Morgan fingerprint density at radius 1 is 1.22 bits per heavy atom. The average molecular weight is 356 g/mol. The van der Waals surface area contributed by atoms with E-state index in [9.17, 15) is 0 Å². The van der Waals surface area contributed by atoms with Crippen LogP contribution in [-0.4, -0.2) is 5.60 Å². The zero-order chi connectivity index (χ0) is 13.0. The van der Waals surface area contributed by atoms with Gasteiger partial charge >= 0.3 is 0 Å². The fourth-order valence-corrected chi connectivity index (χ4v) is 4.52. The molecule has 1 aliphatic carbocycles. The molecule has 0 aromatic heterocycles. The molecule has 0 N–H and O–H groups in total. The predicted octanol–water partition coefficient (Wildman–Crippen LogP) is 4.81. The lowest BCUT2D eigenvalue weighted by molar-refractivity contribution is -0.0815. The van der Waals surface area contributed by atoms with Crippen molar-refractivity contribution in [2.45, 2.75) is 52.1 Å². The minimum Gasteiger partial charge on any atom is -0.487 e. The predicted molar refractivity (Wildman–Crippen MR) is 83.0 cm³/mol. The van der Waals surface area contributed by atoms with Gasteiger partial charge in [0.05, 0.1) is 0 Å². The molecule has 2 aliphatic rings. The van der Waals surface area contributed by atoms with Gasteiger partial charge in [0.2, 0.25) is 0 Å². The first-order valence-electron chi connectivity index (χ1n) is 6.88. The van der Waals surface area contributed by atoms with Crippen LogP contribution in [0.4, 0.5) is 0 Å². The van der Waals surface area contributed by atoms with Gasteiger partial charge in [-0.3, -0.25) is 0 Å². The molecule has 0 unspecified atom stereocenters. The minimum atomic E-state index is 0.0432. The molecule has 1 aromatic rings. The first-order valence-corrected chi connectivity index (χ1v) is 7.96. The summed E-state index contributed by atoms with van der Waals surface area (Å²) in [7, 11) is 0. The van der Waals surface area contributed by atoms with Gasteiger partial charge in [-0.2, -0.15) is 0 Å². The van der Waals surface area contributed by atoms with Gasteiger partial charge in [-0.1, -0.05) is 13.8 Å².